The number of rotatable bonds is 4. The van der Waals surface area contributed by atoms with E-state index >= 15 is 0 Å². The normalized spacial score (nSPS) is 10.2. The van der Waals surface area contributed by atoms with Crippen LogP contribution in [0.15, 0.2) is 24.3 Å². The number of aryl methyl sites for hydroxylation is 1. The van der Waals surface area contributed by atoms with Crippen LogP contribution in [-0.2, 0) is 0 Å². The van der Waals surface area contributed by atoms with Crippen molar-refractivity contribution in [1.29, 1.82) is 0 Å². The quantitative estimate of drug-likeness (QED) is 0.647. The molecule has 0 bridgehead atoms. The number of hydrogen-bond acceptors (Lipinski definition) is 1. The molecule has 12 heavy (non-hydrogen) atoms. The van der Waals surface area contributed by atoms with E-state index in [0.717, 1.165) is 6.54 Å². The Kier molecular flexibility index (Phi) is 4.68. The van der Waals surface area contributed by atoms with E-state index in [2.05, 4.69) is 31.2 Å². The number of hydrogen-bond donors (Lipinski definition) is 1. The average molecular weight is 277 g/mol. The van der Waals surface area contributed by atoms with Crippen molar-refractivity contribution in [3.8, 4) is 0 Å². The van der Waals surface area contributed by atoms with Crippen LogP contribution < -0.4 is 9.35 Å². The monoisotopic (exact) mass is 279 g/mol. The van der Waals surface area contributed by atoms with Crippen LogP contribution in [-0.4, -0.2) is 27.5 Å². The fraction of sp³-hybridized carbons (Fsp3) is 0.400. The zero-order valence-electron chi connectivity index (χ0n) is 7.42. The van der Waals surface area contributed by atoms with Gasteiger partial charge in [0.05, 0.1) is 0 Å². The molecule has 2 heteroatoms. The summed E-state index contributed by atoms with van der Waals surface area (Å²) in [6.07, 6.45) is 1.19. The van der Waals surface area contributed by atoms with Crippen LogP contribution >= 0.6 is 0 Å². The Labute approximate surface area is 84.4 Å². The summed E-state index contributed by atoms with van der Waals surface area (Å²) in [6, 6.07) is 8.91. The molecule has 0 aliphatic rings. The molecule has 0 heterocycles. The second kappa shape index (κ2) is 5.59. The minimum atomic E-state index is 0.0573. The molecule has 1 rings (SSSR count). The molecule has 0 saturated carbocycles. The van der Waals surface area contributed by atoms with Crippen LogP contribution in [0.4, 0.5) is 0 Å². The summed E-state index contributed by atoms with van der Waals surface area (Å²) >= 11 is 0.0573. The molecule has 0 aliphatic carbocycles. The molecular formula is C10H15NTe. The van der Waals surface area contributed by atoms with Crippen LogP contribution in [0.3, 0.4) is 0 Å². The Morgan fingerprint density at radius 2 is 1.92 bits per heavy atom. The third kappa shape index (κ3) is 3.58. The Morgan fingerprint density at radius 1 is 1.25 bits per heavy atom. The predicted molar refractivity (Wildman–Crippen MR) is 55.0 cm³/mol. The topological polar surface area (TPSA) is 26.0 Å². The first-order valence-electron chi connectivity index (χ1n) is 4.22. The van der Waals surface area contributed by atoms with Crippen molar-refractivity contribution in [2.24, 2.45) is 5.73 Å². The van der Waals surface area contributed by atoms with E-state index in [9.17, 15) is 0 Å². The summed E-state index contributed by atoms with van der Waals surface area (Å²) in [4.78, 5) is 0. The summed E-state index contributed by atoms with van der Waals surface area (Å²) in [5.41, 5.74) is 6.79. The van der Waals surface area contributed by atoms with E-state index in [-0.39, 0.29) is 20.9 Å². The molecule has 0 radical (unpaired) electrons. The summed E-state index contributed by atoms with van der Waals surface area (Å²) < 4.78 is 2.89. The third-order valence-electron chi connectivity index (χ3n) is 1.64. The van der Waals surface area contributed by atoms with Crippen LogP contribution in [0, 0.1) is 6.92 Å². The van der Waals surface area contributed by atoms with E-state index in [0.29, 0.717) is 0 Å². The van der Waals surface area contributed by atoms with E-state index < -0.39 is 0 Å². The van der Waals surface area contributed by atoms with Crippen molar-refractivity contribution < 1.29 is 0 Å². The van der Waals surface area contributed by atoms with E-state index in [1.54, 1.807) is 3.61 Å². The van der Waals surface area contributed by atoms with Crippen molar-refractivity contribution >= 4 is 24.5 Å². The van der Waals surface area contributed by atoms with Gasteiger partial charge in [-0.2, -0.15) is 0 Å². The van der Waals surface area contributed by atoms with Crippen LogP contribution in [0.2, 0.25) is 4.47 Å². The summed E-state index contributed by atoms with van der Waals surface area (Å²) in [5.74, 6) is 0. The van der Waals surface area contributed by atoms with Gasteiger partial charge in [-0.1, -0.05) is 0 Å². The first kappa shape index (κ1) is 10.1. The molecule has 0 unspecified atom stereocenters. The summed E-state index contributed by atoms with van der Waals surface area (Å²) in [6.45, 7) is 2.97. The zero-order chi connectivity index (χ0) is 8.81. The van der Waals surface area contributed by atoms with Crippen LogP contribution in [0.5, 0.6) is 0 Å². The molecule has 0 saturated heterocycles. The molecule has 1 nitrogen and oxygen atoms in total. The van der Waals surface area contributed by atoms with E-state index in [1.165, 1.54) is 16.5 Å². The number of benzene rings is 1. The number of nitrogens with two attached hydrogens (primary N) is 1. The van der Waals surface area contributed by atoms with Crippen LogP contribution in [0.25, 0.3) is 0 Å². The molecule has 66 valence electrons. The maximum atomic E-state index is 5.44. The first-order valence-corrected chi connectivity index (χ1v) is 7.04. The van der Waals surface area contributed by atoms with Gasteiger partial charge in [0.1, 0.15) is 0 Å². The Hall–Kier alpha value is -0.0304. The fourth-order valence-corrected chi connectivity index (χ4v) is 3.41. The molecular weight excluding hydrogens is 262 g/mol. The zero-order valence-corrected chi connectivity index (χ0v) is 9.75. The van der Waals surface area contributed by atoms with Gasteiger partial charge in [-0.15, -0.1) is 0 Å². The standard InChI is InChI=1S/C10H15NTe/c1-9-3-5-10(6-4-9)12-8-2-7-11/h3-6H,2,7-8,11H2,1H3. The molecule has 0 aromatic heterocycles. The molecule has 0 amide bonds. The molecule has 0 fully saturated rings. The van der Waals surface area contributed by atoms with Gasteiger partial charge in [-0.25, -0.2) is 0 Å². The van der Waals surface area contributed by atoms with Crippen molar-refractivity contribution in [2.45, 2.75) is 17.8 Å². The molecule has 0 spiro atoms. The molecule has 2 N–H and O–H groups in total. The van der Waals surface area contributed by atoms with Gasteiger partial charge in [0.2, 0.25) is 0 Å². The molecule has 0 aliphatic heterocycles. The van der Waals surface area contributed by atoms with Gasteiger partial charge in [0.25, 0.3) is 0 Å². The average Bonchev–Trinajstić information content (AvgIpc) is 2.09. The van der Waals surface area contributed by atoms with Gasteiger partial charge in [0, 0.05) is 0 Å². The van der Waals surface area contributed by atoms with Gasteiger partial charge >= 0.3 is 84.5 Å². The van der Waals surface area contributed by atoms with Crippen molar-refractivity contribution in [3.63, 3.8) is 0 Å². The van der Waals surface area contributed by atoms with Crippen molar-refractivity contribution in [1.82, 2.24) is 0 Å². The van der Waals surface area contributed by atoms with Gasteiger partial charge < -0.3 is 0 Å². The molecule has 0 atom stereocenters. The van der Waals surface area contributed by atoms with Crippen molar-refractivity contribution in [3.05, 3.63) is 29.8 Å². The Bertz CT molecular complexity index is 218. The van der Waals surface area contributed by atoms with Gasteiger partial charge in [-0.3, -0.25) is 0 Å². The Morgan fingerprint density at radius 3 is 2.50 bits per heavy atom. The predicted octanol–water partition coefficient (Wildman–Crippen LogP) is 1.09. The summed E-state index contributed by atoms with van der Waals surface area (Å²) in [5, 5.41) is 0. The molecule has 1 aromatic rings. The van der Waals surface area contributed by atoms with E-state index in [4.69, 9.17) is 5.73 Å². The summed E-state index contributed by atoms with van der Waals surface area (Å²) in [7, 11) is 0. The third-order valence-corrected chi connectivity index (χ3v) is 4.77. The van der Waals surface area contributed by atoms with Gasteiger partial charge in [0.15, 0.2) is 0 Å². The fourth-order valence-electron chi connectivity index (χ4n) is 0.908. The SMILES string of the molecule is Cc1ccc([Te]CCCN)cc1. The minimum absolute atomic E-state index is 0.0573. The van der Waals surface area contributed by atoms with Crippen LogP contribution in [0.1, 0.15) is 12.0 Å². The maximum absolute atomic E-state index is 5.44. The molecule has 1 aromatic carbocycles. The Balaban J connectivity index is 2.37. The second-order valence-corrected chi connectivity index (χ2v) is 6.14. The van der Waals surface area contributed by atoms with E-state index in [1.807, 2.05) is 0 Å². The van der Waals surface area contributed by atoms with Crippen molar-refractivity contribution in [2.75, 3.05) is 6.54 Å². The second-order valence-electron chi connectivity index (χ2n) is 2.80. The first-order chi connectivity index (χ1) is 5.83. The van der Waals surface area contributed by atoms with Gasteiger partial charge in [-0.05, 0) is 0 Å².